The number of aromatic nitrogens is 1. The maximum absolute atomic E-state index is 4.94. The first kappa shape index (κ1) is 17.2. The minimum atomic E-state index is 0.450. The Labute approximate surface area is 159 Å². The van der Waals surface area contributed by atoms with Crippen LogP contribution in [0.15, 0.2) is 47.6 Å². The molecule has 3 aromatic rings. The molecule has 0 atom stereocenters. The predicted molar refractivity (Wildman–Crippen MR) is 112 cm³/mol. The SMILES string of the molecule is Cc1ccc(C)c(/C=N/N(c2nc3ccccc3s2)C2CCCCC2)c1. The van der Waals surface area contributed by atoms with Crippen LogP contribution in [0.3, 0.4) is 0 Å². The van der Waals surface area contributed by atoms with E-state index in [9.17, 15) is 0 Å². The number of hydrogen-bond acceptors (Lipinski definition) is 4. The van der Waals surface area contributed by atoms with Gasteiger partial charge in [0.1, 0.15) is 0 Å². The number of para-hydroxylation sites is 1. The highest BCUT2D eigenvalue weighted by Crippen LogP contribution is 2.33. The maximum Gasteiger partial charge on any atom is 0.207 e. The molecule has 1 fully saturated rings. The zero-order chi connectivity index (χ0) is 17.9. The van der Waals surface area contributed by atoms with Crippen LogP contribution in [-0.4, -0.2) is 17.2 Å². The molecule has 0 aliphatic heterocycles. The first-order valence-corrected chi connectivity index (χ1v) is 10.3. The van der Waals surface area contributed by atoms with Crippen molar-refractivity contribution in [3.8, 4) is 0 Å². The molecule has 26 heavy (non-hydrogen) atoms. The van der Waals surface area contributed by atoms with Crippen LogP contribution in [-0.2, 0) is 0 Å². The Kier molecular flexibility index (Phi) is 5.02. The molecule has 0 N–H and O–H groups in total. The standard InChI is InChI=1S/C22H25N3S/c1-16-12-13-17(2)18(14-16)15-23-25(19-8-4-3-5-9-19)22-24-20-10-6-7-11-21(20)26-22/h6-7,10-15,19H,3-5,8-9H2,1-2H3/b23-15+. The van der Waals surface area contributed by atoms with E-state index in [1.54, 1.807) is 11.3 Å². The lowest BCUT2D eigenvalue weighted by Gasteiger charge is -2.30. The Balaban J connectivity index is 1.70. The van der Waals surface area contributed by atoms with Crippen LogP contribution < -0.4 is 5.01 Å². The fourth-order valence-electron chi connectivity index (χ4n) is 3.61. The Hall–Kier alpha value is -2.20. The molecule has 0 radical (unpaired) electrons. The van der Waals surface area contributed by atoms with Gasteiger partial charge in [-0.05, 0) is 49.9 Å². The molecular weight excluding hydrogens is 338 g/mol. The van der Waals surface area contributed by atoms with E-state index in [0.717, 1.165) is 10.6 Å². The molecule has 4 heteroatoms. The van der Waals surface area contributed by atoms with Gasteiger partial charge in [0.15, 0.2) is 0 Å². The quantitative estimate of drug-likeness (QED) is 0.415. The number of fused-ring (bicyclic) bond motifs is 1. The third-order valence-electron chi connectivity index (χ3n) is 5.16. The summed E-state index contributed by atoms with van der Waals surface area (Å²) in [7, 11) is 0. The first-order valence-electron chi connectivity index (χ1n) is 9.47. The van der Waals surface area contributed by atoms with Gasteiger partial charge in [-0.1, -0.05) is 66.5 Å². The summed E-state index contributed by atoms with van der Waals surface area (Å²) in [5.74, 6) is 0. The number of hydrogen-bond donors (Lipinski definition) is 0. The number of benzene rings is 2. The second kappa shape index (κ2) is 7.58. The van der Waals surface area contributed by atoms with E-state index in [4.69, 9.17) is 10.1 Å². The van der Waals surface area contributed by atoms with Crippen LogP contribution >= 0.6 is 11.3 Å². The molecular formula is C22H25N3S. The minimum absolute atomic E-state index is 0.450. The third kappa shape index (κ3) is 3.65. The van der Waals surface area contributed by atoms with E-state index in [1.807, 2.05) is 6.21 Å². The zero-order valence-electron chi connectivity index (χ0n) is 15.5. The summed E-state index contributed by atoms with van der Waals surface area (Å²) in [6.07, 6.45) is 8.31. The van der Waals surface area contributed by atoms with Crippen LogP contribution in [0.25, 0.3) is 10.2 Å². The monoisotopic (exact) mass is 363 g/mol. The van der Waals surface area contributed by atoms with Crippen LogP contribution in [0.1, 0.15) is 48.8 Å². The summed E-state index contributed by atoms with van der Waals surface area (Å²) in [4.78, 5) is 4.87. The lowest BCUT2D eigenvalue weighted by Crippen LogP contribution is -2.32. The van der Waals surface area contributed by atoms with E-state index < -0.39 is 0 Å². The molecule has 1 aliphatic carbocycles. The Morgan fingerprint density at radius 2 is 1.88 bits per heavy atom. The largest absolute Gasteiger partial charge is 0.236 e. The zero-order valence-corrected chi connectivity index (χ0v) is 16.3. The van der Waals surface area contributed by atoms with Crippen LogP contribution in [0.2, 0.25) is 0 Å². The van der Waals surface area contributed by atoms with Gasteiger partial charge in [-0.2, -0.15) is 5.10 Å². The van der Waals surface area contributed by atoms with Crippen molar-refractivity contribution in [2.75, 3.05) is 5.01 Å². The molecule has 0 saturated heterocycles. The Bertz CT molecular complexity index is 889. The number of nitrogens with zero attached hydrogens (tertiary/aromatic N) is 3. The van der Waals surface area contributed by atoms with Gasteiger partial charge in [0.05, 0.1) is 22.5 Å². The summed E-state index contributed by atoms with van der Waals surface area (Å²) in [5.41, 5.74) is 4.77. The lowest BCUT2D eigenvalue weighted by molar-refractivity contribution is 0.419. The molecule has 3 nitrogen and oxygen atoms in total. The molecule has 1 aliphatic rings. The topological polar surface area (TPSA) is 28.5 Å². The van der Waals surface area contributed by atoms with Crippen molar-refractivity contribution in [3.63, 3.8) is 0 Å². The molecule has 1 aromatic heterocycles. The van der Waals surface area contributed by atoms with Gasteiger partial charge in [0, 0.05) is 0 Å². The minimum Gasteiger partial charge on any atom is -0.236 e. The lowest BCUT2D eigenvalue weighted by atomic mass is 9.95. The average molecular weight is 364 g/mol. The average Bonchev–Trinajstić information content (AvgIpc) is 3.09. The summed E-state index contributed by atoms with van der Waals surface area (Å²) < 4.78 is 1.23. The van der Waals surface area contributed by atoms with Gasteiger partial charge in [-0.25, -0.2) is 9.99 Å². The van der Waals surface area contributed by atoms with Crippen molar-refractivity contribution in [2.45, 2.75) is 52.0 Å². The Morgan fingerprint density at radius 1 is 1.08 bits per heavy atom. The van der Waals surface area contributed by atoms with Crippen molar-refractivity contribution < 1.29 is 0 Å². The first-order chi connectivity index (χ1) is 12.7. The number of thiazole rings is 1. The normalized spacial score (nSPS) is 15.8. The van der Waals surface area contributed by atoms with Crippen molar-refractivity contribution in [3.05, 3.63) is 59.2 Å². The summed E-state index contributed by atoms with van der Waals surface area (Å²) in [5, 5.41) is 8.14. The summed E-state index contributed by atoms with van der Waals surface area (Å²) >= 11 is 1.74. The summed E-state index contributed by atoms with van der Waals surface area (Å²) in [6.45, 7) is 4.27. The number of anilines is 1. The van der Waals surface area contributed by atoms with E-state index in [0.29, 0.717) is 6.04 Å². The molecule has 0 unspecified atom stereocenters. The fourth-order valence-corrected chi connectivity index (χ4v) is 4.60. The van der Waals surface area contributed by atoms with Gasteiger partial charge in [-0.3, -0.25) is 0 Å². The smallest absolute Gasteiger partial charge is 0.207 e. The predicted octanol–water partition coefficient (Wildman–Crippen LogP) is 6.09. The van der Waals surface area contributed by atoms with Gasteiger partial charge >= 0.3 is 0 Å². The Morgan fingerprint density at radius 3 is 2.69 bits per heavy atom. The van der Waals surface area contributed by atoms with Gasteiger partial charge in [0.2, 0.25) is 5.13 Å². The number of aryl methyl sites for hydroxylation is 2. The molecule has 2 aromatic carbocycles. The van der Waals surface area contributed by atoms with E-state index in [2.05, 4.69) is 61.3 Å². The van der Waals surface area contributed by atoms with Crippen molar-refractivity contribution in [2.24, 2.45) is 5.10 Å². The van der Waals surface area contributed by atoms with E-state index >= 15 is 0 Å². The molecule has 0 bridgehead atoms. The number of hydrazone groups is 1. The van der Waals surface area contributed by atoms with Gasteiger partial charge in [-0.15, -0.1) is 0 Å². The van der Waals surface area contributed by atoms with Gasteiger partial charge < -0.3 is 0 Å². The third-order valence-corrected chi connectivity index (χ3v) is 6.18. The highest BCUT2D eigenvalue weighted by molar-refractivity contribution is 7.22. The van der Waals surface area contributed by atoms with Crippen molar-refractivity contribution in [1.29, 1.82) is 0 Å². The number of rotatable bonds is 4. The van der Waals surface area contributed by atoms with Crippen molar-refractivity contribution in [1.82, 2.24) is 4.98 Å². The maximum atomic E-state index is 4.94. The molecule has 1 heterocycles. The molecule has 0 spiro atoms. The summed E-state index contributed by atoms with van der Waals surface area (Å²) in [6, 6.07) is 15.3. The molecule has 134 valence electrons. The molecule has 0 amide bonds. The van der Waals surface area contributed by atoms with Crippen LogP contribution in [0.4, 0.5) is 5.13 Å². The van der Waals surface area contributed by atoms with Gasteiger partial charge in [0.25, 0.3) is 0 Å². The van der Waals surface area contributed by atoms with E-state index in [-0.39, 0.29) is 0 Å². The fraction of sp³-hybridized carbons (Fsp3) is 0.364. The highest BCUT2D eigenvalue weighted by atomic mass is 32.1. The van der Waals surface area contributed by atoms with Crippen molar-refractivity contribution >= 4 is 32.9 Å². The van der Waals surface area contributed by atoms with Crippen LogP contribution in [0.5, 0.6) is 0 Å². The highest BCUT2D eigenvalue weighted by Gasteiger charge is 2.23. The molecule has 1 saturated carbocycles. The van der Waals surface area contributed by atoms with E-state index in [1.165, 1.54) is 53.5 Å². The molecule has 4 rings (SSSR count). The van der Waals surface area contributed by atoms with Crippen LogP contribution in [0, 0.1) is 13.8 Å². The second-order valence-corrected chi connectivity index (χ2v) is 8.21. The second-order valence-electron chi connectivity index (χ2n) is 7.21.